The summed E-state index contributed by atoms with van der Waals surface area (Å²) in [6.45, 7) is 3.87. The number of nitrogens with zero attached hydrogens (tertiary/aromatic N) is 2. The van der Waals surface area contributed by atoms with Crippen molar-refractivity contribution in [2.24, 2.45) is 0 Å². The van der Waals surface area contributed by atoms with Crippen molar-refractivity contribution in [1.29, 1.82) is 0 Å². The number of anilines is 2. The lowest BCUT2D eigenvalue weighted by Crippen LogP contribution is -2.36. The first kappa shape index (κ1) is 19.9. The van der Waals surface area contributed by atoms with Crippen LogP contribution in [-0.4, -0.2) is 44.8 Å². The Morgan fingerprint density at radius 3 is 2.59 bits per heavy atom. The van der Waals surface area contributed by atoms with E-state index in [1.165, 1.54) is 5.56 Å². The molecule has 1 saturated heterocycles. The number of fused-ring (bicyclic) bond motifs is 1. The van der Waals surface area contributed by atoms with Crippen molar-refractivity contribution in [3.8, 4) is 0 Å². The van der Waals surface area contributed by atoms with Crippen LogP contribution < -0.4 is 10.2 Å². The maximum atomic E-state index is 13.0. The van der Waals surface area contributed by atoms with E-state index in [2.05, 4.69) is 11.4 Å². The Hall–Kier alpha value is -2.38. The van der Waals surface area contributed by atoms with Gasteiger partial charge in [-0.1, -0.05) is 30.7 Å². The second kappa shape index (κ2) is 8.16. The maximum absolute atomic E-state index is 13.0. The lowest BCUT2D eigenvalue weighted by atomic mass is 10.2. The standard InChI is InChI=1S/C22H27N3O3S/c1-17-9-10-19(29(27,28)24-12-5-2-6-13-24)15-20(17)23-16-22(26)25-14-11-18-7-3-4-8-21(18)25/h3-4,7-10,15,23H,2,5-6,11-14,16H2,1H3. The molecule has 29 heavy (non-hydrogen) atoms. The number of piperidine rings is 1. The van der Waals surface area contributed by atoms with Crippen molar-refractivity contribution in [2.45, 2.75) is 37.5 Å². The van der Waals surface area contributed by atoms with Gasteiger partial charge < -0.3 is 10.2 Å². The van der Waals surface area contributed by atoms with Gasteiger partial charge in [-0.3, -0.25) is 4.79 Å². The van der Waals surface area contributed by atoms with Crippen LogP contribution in [0.2, 0.25) is 0 Å². The Kier molecular flexibility index (Phi) is 5.61. The molecule has 0 aromatic heterocycles. The Bertz CT molecular complexity index is 1010. The zero-order valence-corrected chi connectivity index (χ0v) is 17.5. The van der Waals surface area contributed by atoms with Gasteiger partial charge >= 0.3 is 0 Å². The first-order valence-corrected chi connectivity index (χ1v) is 11.6. The Balaban J connectivity index is 1.48. The van der Waals surface area contributed by atoms with Gasteiger partial charge in [-0.2, -0.15) is 4.31 Å². The molecule has 7 heteroatoms. The molecule has 0 radical (unpaired) electrons. The summed E-state index contributed by atoms with van der Waals surface area (Å²) >= 11 is 0. The molecule has 2 aromatic carbocycles. The highest BCUT2D eigenvalue weighted by atomic mass is 32.2. The largest absolute Gasteiger partial charge is 0.376 e. The normalized spacial score (nSPS) is 17.2. The molecule has 0 bridgehead atoms. The molecule has 6 nitrogen and oxygen atoms in total. The van der Waals surface area contributed by atoms with Gasteiger partial charge in [-0.25, -0.2) is 8.42 Å². The van der Waals surface area contributed by atoms with E-state index in [9.17, 15) is 13.2 Å². The number of benzene rings is 2. The van der Waals surface area contributed by atoms with Gasteiger partial charge in [0.1, 0.15) is 0 Å². The Labute approximate surface area is 172 Å². The van der Waals surface area contributed by atoms with Crippen LogP contribution in [0.4, 0.5) is 11.4 Å². The third-order valence-electron chi connectivity index (χ3n) is 5.78. The van der Waals surface area contributed by atoms with Gasteiger partial charge in [0.15, 0.2) is 0 Å². The summed E-state index contributed by atoms with van der Waals surface area (Å²) in [4.78, 5) is 14.8. The van der Waals surface area contributed by atoms with Gasteiger partial charge in [0.25, 0.3) is 0 Å². The smallest absolute Gasteiger partial charge is 0.246 e. The van der Waals surface area contributed by atoms with Crippen LogP contribution in [0.3, 0.4) is 0 Å². The second-order valence-electron chi connectivity index (χ2n) is 7.72. The van der Waals surface area contributed by atoms with E-state index in [4.69, 9.17) is 0 Å². The van der Waals surface area contributed by atoms with Crippen molar-refractivity contribution in [2.75, 3.05) is 36.4 Å². The van der Waals surface area contributed by atoms with Crippen LogP contribution in [0.5, 0.6) is 0 Å². The topological polar surface area (TPSA) is 69.7 Å². The first-order chi connectivity index (χ1) is 14.0. The van der Waals surface area contributed by atoms with Crippen molar-refractivity contribution in [3.05, 3.63) is 53.6 Å². The van der Waals surface area contributed by atoms with E-state index in [0.717, 1.165) is 36.9 Å². The molecule has 2 aliphatic rings. The van der Waals surface area contributed by atoms with Crippen molar-refractivity contribution in [3.63, 3.8) is 0 Å². The highest BCUT2D eigenvalue weighted by Crippen LogP contribution is 2.28. The summed E-state index contributed by atoms with van der Waals surface area (Å²) in [6, 6.07) is 13.1. The molecule has 2 aliphatic heterocycles. The monoisotopic (exact) mass is 413 g/mol. The summed E-state index contributed by atoms with van der Waals surface area (Å²) in [6.07, 6.45) is 3.75. The van der Waals surface area contributed by atoms with E-state index in [-0.39, 0.29) is 17.3 Å². The molecule has 154 valence electrons. The number of para-hydroxylation sites is 1. The summed E-state index contributed by atoms with van der Waals surface area (Å²) in [5, 5.41) is 3.16. The number of hydrogen-bond donors (Lipinski definition) is 1. The molecule has 0 atom stereocenters. The molecule has 0 saturated carbocycles. The number of hydrogen-bond acceptors (Lipinski definition) is 4. The number of aryl methyl sites for hydroxylation is 1. The number of nitrogens with one attached hydrogen (secondary N) is 1. The lowest BCUT2D eigenvalue weighted by Gasteiger charge is -2.26. The van der Waals surface area contributed by atoms with Crippen LogP contribution in [0.15, 0.2) is 47.4 Å². The molecule has 0 spiro atoms. The van der Waals surface area contributed by atoms with Crippen LogP contribution >= 0.6 is 0 Å². The molecule has 0 unspecified atom stereocenters. The lowest BCUT2D eigenvalue weighted by molar-refractivity contribution is -0.116. The zero-order chi connectivity index (χ0) is 20.4. The fourth-order valence-corrected chi connectivity index (χ4v) is 5.61. The van der Waals surface area contributed by atoms with Crippen molar-refractivity contribution in [1.82, 2.24) is 4.31 Å². The second-order valence-corrected chi connectivity index (χ2v) is 9.66. The minimum Gasteiger partial charge on any atom is -0.376 e. The fourth-order valence-electron chi connectivity index (χ4n) is 4.07. The molecule has 4 rings (SSSR count). The molecular weight excluding hydrogens is 386 g/mol. The van der Waals surface area contributed by atoms with Gasteiger partial charge in [0, 0.05) is 31.0 Å². The first-order valence-electron chi connectivity index (χ1n) is 10.2. The summed E-state index contributed by atoms with van der Waals surface area (Å²) in [5.41, 5.74) is 3.75. The maximum Gasteiger partial charge on any atom is 0.246 e. The van der Waals surface area contributed by atoms with Gasteiger partial charge in [-0.15, -0.1) is 0 Å². The number of carbonyl (C=O) groups excluding carboxylic acids is 1. The molecule has 1 fully saturated rings. The predicted molar refractivity (Wildman–Crippen MR) is 115 cm³/mol. The summed E-state index contributed by atoms with van der Waals surface area (Å²) in [7, 11) is -3.50. The average Bonchev–Trinajstić information content (AvgIpc) is 3.18. The third-order valence-corrected chi connectivity index (χ3v) is 7.67. The molecule has 2 aromatic rings. The van der Waals surface area contributed by atoms with E-state index in [1.54, 1.807) is 27.4 Å². The molecule has 2 heterocycles. The minimum absolute atomic E-state index is 0.0151. The SMILES string of the molecule is Cc1ccc(S(=O)(=O)N2CCCCC2)cc1NCC(=O)N1CCc2ccccc21. The summed E-state index contributed by atoms with van der Waals surface area (Å²) < 4.78 is 27.5. The molecule has 1 amide bonds. The van der Waals surface area contributed by atoms with Crippen LogP contribution in [0.25, 0.3) is 0 Å². The van der Waals surface area contributed by atoms with Gasteiger partial charge in [-0.05, 0) is 55.5 Å². The summed E-state index contributed by atoms with van der Waals surface area (Å²) in [5.74, 6) is -0.0151. The quantitative estimate of drug-likeness (QED) is 0.817. The highest BCUT2D eigenvalue weighted by molar-refractivity contribution is 7.89. The Morgan fingerprint density at radius 2 is 1.79 bits per heavy atom. The van der Waals surface area contributed by atoms with Crippen molar-refractivity contribution >= 4 is 27.3 Å². The molecule has 1 N–H and O–H groups in total. The van der Waals surface area contributed by atoms with Crippen LogP contribution in [0.1, 0.15) is 30.4 Å². The third kappa shape index (κ3) is 4.02. The van der Waals surface area contributed by atoms with Crippen LogP contribution in [0, 0.1) is 6.92 Å². The van der Waals surface area contributed by atoms with Gasteiger partial charge in [0.2, 0.25) is 15.9 Å². The van der Waals surface area contributed by atoms with E-state index >= 15 is 0 Å². The van der Waals surface area contributed by atoms with Crippen LogP contribution in [-0.2, 0) is 21.2 Å². The van der Waals surface area contributed by atoms with Crippen molar-refractivity contribution < 1.29 is 13.2 Å². The van der Waals surface area contributed by atoms with Gasteiger partial charge in [0.05, 0.1) is 11.4 Å². The highest BCUT2D eigenvalue weighted by Gasteiger charge is 2.27. The predicted octanol–water partition coefficient (Wildman–Crippen LogP) is 3.17. The molecular formula is C22H27N3O3S. The number of rotatable bonds is 5. The van der Waals surface area contributed by atoms with E-state index in [1.807, 2.05) is 25.1 Å². The van der Waals surface area contributed by atoms with E-state index < -0.39 is 10.0 Å². The fraction of sp³-hybridized carbons (Fsp3) is 0.409. The Morgan fingerprint density at radius 1 is 1.03 bits per heavy atom. The molecule has 0 aliphatic carbocycles. The minimum atomic E-state index is -3.50. The van der Waals surface area contributed by atoms with E-state index in [0.29, 0.717) is 25.3 Å². The number of sulfonamides is 1. The number of amides is 1. The average molecular weight is 414 g/mol. The number of carbonyl (C=O) groups is 1. The zero-order valence-electron chi connectivity index (χ0n) is 16.7.